The largest absolute Gasteiger partial charge is 0.454 e. The van der Waals surface area contributed by atoms with Gasteiger partial charge in [-0.15, -0.1) is 0 Å². The third kappa shape index (κ3) is 2.65. The van der Waals surface area contributed by atoms with Crippen molar-refractivity contribution in [2.75, 3.05) is 27.4 Å². The smallest absolute Gasteiger partial charge is 0.231 e. The Labute approximate surface area is 119 Å². The molecule has 1 aromatic heterocycles. The quantitative estimate of drug-likeness (QED) is 0.837. The molecule has 2 heterocycles. The summed E-state index contributed by atoms with van der Waals surface area (Å²) in [6.07, 6.45) is 4.32. The Morgan fingerprint density at radius 1 is 1.15 bits per heavy atom. The topological polar surface area (TPSA) is 26.6 Å². The summed E-state index contributed by atoms with van der Waals surface area (Å²) in [5, 5.41) is 0. The van der Waals surface area contributed by atoms with E-state index >= 15 is 0 Å². The fourth-order valence-corrected chi connectivity index (χ4v) is 2.48. The Bertz CT molecular complexity index is 590. The Kier molecular flexibility index (Phi) is 3.65. The van der Waals surface area contributed by atoms with E-state index in [1.54, 1.807) is 0 Å². The van der Waals surface area contributed by atoms with E-state index in [0.717, 1.165) is 36.6 Å². The highest BCUT2D eigenvalue weighted by Crippen LogP contribution is 2.34. The van der Waals surface area contributed by atoms with Gasteiger partial charge in [0.05, 0.1) is 0 Å². The van der Waals surface area contributed by atoms with Crippen LogP contribution in [0.3, 0.4) is 0 Å². The molecule has 4 nitrogen and oxygen atoms in total. The minimum atomic E-state index is 0.320. The van der Waals surface area contributed by atoms with E-state index in [9.17, 15) is 0 Å². The van der Waals surface area contributed by atoms with Crippen LogP contribution in [0.1, 0.15) is 12.1 Å². The van der Waals surface area contributed by atoms with Crippen LogP contribution in [0.4, 0.5) is 0 Å². The van der Waals surface area contributed by atoms with E-state index in [0.29, 0.717) is 6.79 Å². The lowest BCUT2D eigenvalue weighted by atomic mass is 10.2. The van der Waals surface area contributed by atoms with Crippen LogP contribution in [0, 0.1) is 0 Å². The monoisotopic (exact) mass is 272 g/mol. The summed E-state index contributed by atoms with van der Waals surface area (Å²) in [6.45, 7) is 1.42. The Hall–Kier alpha value is -1.94. The number of benzene rings is 1. The summed E-state index contributed by atoms with van der Waals surface area (Å²) in [5.74, 6) is 1.66. The summed E-state index contributed by atoms with van der Waals surface area (Å²) < 4.78 is 13.0. The molecule has 1 aliphatic rings. The van der Waals surface area contributed by atoms with Crippen molar-refractivity contribution >= 4 is 0 Å². The molecule has 1 aromatic carbocycles. The number of rotatable bonds is 5. The third-order valence-corrected chi connectivity index (χ3v) is 3.51. The van der Waals surface area contributed by atoms with Gasteiger partial charge in [-0.3, -0.25) is 0 Å². The maximum absolute atomic E-state index is 5.45. The van der Waals surface area contributed by atoms with Crippen LogP contribution in [0.15, 0.2) is 36.5 Å². The molecular formula is C16H20N2O2. The summed E-state index contributed by atoms with van der Waals surface area (Å²) >= 11 is 0. The van der Waals surface area contributed by atoms with Gasteiger partial charge in [0.15, 0.2) is 11.5 Å². The molecule has 0 atom stereocenters. The lowest BCUT2D eigenvalue weighted by Crippen LogP contribution is -2.14. The highest BCUT2D eigenvalue weighted by Gasteiger charge is 2.14. The predicted octanol–water partition coefficient (Wildman–Crippen LogP) is 2.70. The van der Waals surface area contributed by atoms with Gasteiger partial charge in [-0.25, -0.2) is 0 Å². The van der Waals surface area contributed by atoms with E-state index in [2.05, 4.69) is 48.0 Å². The van der Waals surface area contributed by atoms with Gasteiger partial charge < -0.3 is 18.9 Å². The Morgan fingerprint density at radius 2 is 2.00 bits per heavy atom. The van der Waals surface area contributed by atoms with Gasteiger partial charge in [0, 0.05) is 23.6 Å². The highest BCUT2D eigenvalue weighted by atomic mass is 16.7. The molecule has 0 N–H and O–H groups in total. The molecule has 0 spiro atoms. The summed E-state index contributed by atoms with van der Waals surface area (Å²) in [4.78, 5) is 2.22. The normalized spacial score (nSPS) is 13.2. The second kappa shape index (κ2) is 5.59. The number of aryl methyl sites for hydroxylation is 1. The first-order valence-corrected chi connectivity index (χ1v) is 6.95. The maximum atomic E-state index is 5.45. The standard InChI is InChI=1S/C16H20N2O2/c1-17(2)9-3-5-13-6-4-10-18(13)14-7-8-15-16(11-14)20-12-19-15/h4,6-8,10-11H,3,5,9,12H2,1-2H3. The van der Waals surface area contributed by atoms with Gasteiger partial charge in [0.2, 0.25) is 6.79 Å². The number of hydrogen-bond acceptors (Lipinski definition) is 3. The lowest BCUT2D eigenvalue weighted by Gasteiger charge is -2.12. The molecule has 0 fully saturated rings. The van der Waals surface area contributed by atoms with Crippen LogP contribution >= 0.6 is 0 Å². The summed E-state index contributed by atoms with van der Waals surface area (Å²) in [6, 6.07) is 10.4. The SMILES string of the molecule is CN(C)CCCc1cccn1-c1ccc2c(c1)OCO2. The van der Waals surface area contributed by atoms with Crippen molar-refractivity contribution in [3.05, 3.63) is 42.2 Å². The van der Waals surface area contributed by atoms with E-state index in [4.69, 9.17) is 9.47 Å². The fraction of sp³-hybridized carbons (Fsp3) is 0.375. The Morgan fingerprint density at radius 3 is 2.85 bits per heavy atom. The minimum absolute atomic E-state index is 0.320. The summed E-state index contributed by atoms with van der Waals surface area (Å²) in [7, 11) is 4.22. The van der Waals surface area contributed by atoms with Crippen LogP contribution in [-0.2, 0) is 6.42 Å². The van der Waals surface area contributed by atoms with Crippen molar-refractivity contribution in [1.29, 1.82) is 0 Å². The van der Waals surface area contributed by atoms with Crippen LogP contribution in [0.2, 0.25) is 0 Å². The molecule has 3 rings (SSSR count). The van der Waals surface area contributed by atoms with Gasteiger partial charge in [0.25, 0.3) is 0 Å². The van der Waals surface area contributed by atoms with Crippen LogP contribution in [0.5, 0.6) is 11.5 Å². The lowest BCUT2D eigenvalue weighted by molar-refractivity contribution is 0.174. The average molecular weight is 272 g/mol. The second-order valence-electron chi connectivity index (χ2n) is 5.31. The molecule has 0 bridgehead atoms. The van der Waals surface area contributed by atoms with Crippen LogP contribution in [-0.4, -0.2) is 36.9 Å². The second-order valence-corrected chi connectivity index (χ2v) is 5.31. The van der Waals surface area contributed by atoms with Crippen molar-refractivity contribution in [1.82, 2.24) is 9.47 Å². The van der Waals surface area contributed by atoms with Crippen molar-refractivity contribution in [3.8, 4) is 17.2 Å². The molecule has 0 aliphatic carbocycles. The predicted molar refractivity (Wildman–Crippen MR) is 78.8 cm³/mol. The molecule has 0 amide bonds. The van der Waals surface area contributed by atoms with Gasteiger partial charge in [-0.2, -0.15) is 0 Å². The third-order valence-electron chi connectivity index (χ3n) is 3.51. The molecule has 0 radical (unpaired) electrons. The van der Waals surface area contributed by atoms with Gasteiger partial charge in [-0.05, 0) is 57.7 Å². The van der Waals surface area contributed by atoms with E-state index < -0.39 is 0 Å². The maximum Gasteiger partial charge on any atom is 0.231 e. The minimum Gasteiger partial charge on any atom is -0.454 e. The number of ether oxygens (including phenoxy) is 2. The van der Waals surface area contributed by atoms with Crippen molar-refractivity contribution in [3.63, 3.8) is 0 Å². The van der Waals surface area contributed by atoms with Gasteiger partial charge in [-0.1, -0.05) is 0 Å². The zero-order valence-electron chi connectivity index (χ0n) is 12.0. The number of hydrogen-bond donors (Lipinski definition) is 0. The van der Waals surface area contributed by atoms with Crippen molar-refractivity contribution in [2.45, 2.75) is 12.8 Å². The molecule has 2 aromatic rings. The zero-order valence-corrected chi connectivity index (χ0v) is 12.0. The van der Waals surface area contributed by atoms with Gasteiger partial charge in [0.1, 0.15) is 0 Å². The summed E-state index contributed by atoms with van der Waals surface area (Å²) in [5.41, 5.74) is 2.45. The van der Waals surface area contributed by atoms with Crippen molar-refractivity contribution in [2.24, 2.45) is 0 Å². The van der Waals surface area contributed by atoms with E-state index in [-0.39, 0.29) is 0 Å². The number of fused-ring (bicyclic) bond motifs is 1. The fourth-order valence-electron chi connectivity index (χ4n) is 2.48. The van der Waals surface area contributed by atoms with E-state index in [1.165, 1.54) is 5.69 Å². The van der Waals surface area contributed by atoms with Gasteiger partial charge >= 0.3 is 0 Å². The molecule has 4 heteroatoms. The molecule has 1 aliphatic heterocycles. The zero-order chi connectivity index (χ0) is 13.9. The molecule has 106 valence electrons. The van der Waals surface area contributed by atoms with Crippen molar-refractivity contribution < 1.29 is 9.47 Å². The number of nitrogens with zero attached hydrogens (tertiary/aromatic N) is 2. The van der Waals surface area contributed by atoms with E-state index in [1.807, 2.05) is 12.1 Å². The molecule has 0 unspecified atom stereocenters. The average Bonchev–Trinajstić information content (AvgIpc) is 3.05. The first-order valence-electron chi connectivity index (χ1n) is 6.95. The molecule has 0 saturated heterocycles. The van der Waals surface area contributed by atoms with Crippen LogP contribution < -0.4 is 9.47 Å². The first kappa shape index (κ1) is 13.1. The molecular weight excluding hydrogens is 252 g/mol. The highest BCUT2D eigenvalue weighted by molar-refractivity contribution is 5.50. The van der Waals surface area contributed by atoms with Crippen LogP contribution in [0.25, 0.3) is 5.69 Å². The molecule has 20 heavy (non-hydrogen) atoms. The molecule has 0 saturated carbocycles. The Balaban J connectivity index is 1.78. The first-order chi connectivity index (χ1) is 9.74. The number of aromatic nitrogens is 1.